The zero-order valence-corrected chi connectivity index (χ0v) is 15.3. The highest BCUT2D eigenvalue weighted by Crippen LogP contribution is 2.14. The number of amides is 1. The van der Waals surface area contributed by atoms with E-state index in [0.717, 1.165) is 0 Å². The minimum absolute atomic E-state index is 0.123. The molecule has 0 spiro atoms. The summed E-state index contributed by atoms with van der Waals surface area (Å²) in [5.74, 6) is -0.123. The van der Waals surface area contributed by atoms with E-state index in [2.05, 4.69) is 10.0 Å². The lowest BCUT2D eigenvalue weighted by Gasteiger charge is -2.09. The van der Waals surface area contributed by atoms with Crippen LogP contribution in [-0.2, 0) is 26.0 Å². The van der Waals surface area contributed by atoms with E-state index in [1.54, 1.807) is 44.4 Å². The van der Waals surface area contributed by atoms with Gasteiger partial charge in [0.15, 0.2) is 4.90 Å². The molecule has 0 fully saturated rings. The molecule has 130 valence electrons. The quantitative estimate of drug-likeness (QED) is 0.519. The van der Waals surface area contributed by atoms with E-state index in [1.807, 2.05) is 0 Å². The maximum Gasteiger partial charge on any atom is 0.224 e. The van der Waals surface area contributed by atoms with Crippen LogP contribution < -0.4 is 10.0 Å². The Morgan fingerprint density at radius 1 is 1.22 bits per heavy atom. The van der Waals surface area contributed by atoms with Crippen LogP contribution in [0.3, 0.4) is 0 Å². The van der Waals surface area contributed by atoms with Crippen LogP contribution in [0.2, 0.25) is 0 Å². The van der Waals surface area contributed by atoms with Crippen molar-refractivity contribution in [1.29, 1.82) is 0 Å². The number of benzene rings is 1. The first-order valence-electron chi connectivity index (χ1n) is 7.44. The topological polar surface area (TPSA) is 98.3 Å². The lowest BCUT2D eigenvalue weighted by Crippen LogP contribution is -2.31. The smallest absolute Gasteiger partial charge is 0.224 e. The number of hydrogen-bond donors (Lipinski definition) is 2. The predicted molar refractivity (Wildman–Crippen MR) is 93.3 cm³/mol. The van der Waals surface area contributed by atoms with Crippen molar-refractivity contribution < 1.29 is 17.8 Å². The molecule has 2 N–H and O–H groups in total. The number of rotatable bonds is 9. The average Bonchev–Trinajstić information content (AvgIpc) is 2.47. The van der Waals surface area contributed by atoms with Crippen molar-refractivity contribution in [2.45, 2.75) is 43.3 Å². The van der Waals surface area contributed by atoms with E-state index in [4.69, 9.17) is 0 Å². The Bertz CT molecular complexity index is 598. The van der Waals surface area contributed by atoms with Gasteiger partial charge in [-0.2, -0.15) is 0 Å². The van der Waals surface area contributed by atoms with E-state index >= 15 is 0 Å². The lowest BCUT2D eigenvalue weighted by molar-refractivity contribution is -0.116. The first kappa shape index (κ1) is 20.0. The number of carbonyl (C=O) groups is 1. The van der Waals surface area contributed by atoms with E-state index in [1.165, 1.54) is 0 Å². The molecular weight excluding hydrogens is 336 g/mol. The van der Waals surface area contributed by atoms with Crippen molar-refractivity contribution >= 4 is 32.8 Å². The summed E-state index contributed by atoms with van der Waals surface area (Å²) in [4.78, 5) is 12.5. The average molecular weight is 361 g/mol. The third-order valence-electron chi connectivity index (χ3n) is 3.22. The van der Waals surface area contributed by atoms with Crippen LogP contribution in [-0.4, -0.2) is 36.9 Å². The van der Waals surface area contributed by atoms with Gasteiger partial charge in [0.2, 0.25) is 15.9 Å². The number of carbonyl (C=O) groups excluding carboxylic acids is 1. The van der Waals surface area contributed by atoms with Crippen LogP contribution in [0.1, 0.15) is 33.1 Å². The van der Waals surface area contributed by atoms with Crippen LogP contribution >= 0.6 is 0 Å². The van der Waals surface area contributed by atoms with Gasteiger partial charge in [-0.3, -0.25) is 4.79 Å². The molecule has 1 amide bonds. The molecule has 1 atom stereocenters. The first-order chi connectivity index (χ1) is 10.7. The second kappa shape index (κ2) is 9.27. The van der Waals surface area contributed by atoms with Gasteiger partial charge in [0, 0.05) is 18.7 Å². The molecular formula is C15H24N2O4S2. The summed E-state index contributed by atoms with van der Waals surface area (Å²) in [5, 5.41) is 2.30. The summed E-state index contributed by atoms with van der Waals surface area (Å²) >= 11 is -1.04. The third kappa shape index (κ3) is 7.34. The van der Waals surface area contributed by atoms with Gasteiger partial charge in [-0.05, 0) is 62.1 Å². The largest absolute Gasteiger partial charge is 0.612 e. The maximum atomic E-state index is 11.8. The summed E-state index contributed by atoms with van der Waals surface area (Å²) in [5.41, 5.74) is 0.657. The van der Waals surface area contributed by atoms with Crippen LogP contribution in [0.4, 0.5) is 5.69 Å². The molecule has 1 rings (SSSR count). The molecule has 0 saturated carbocycles. The van der Waals surface area contributed by atoms with E-state index in [9.17, 15) is 17.8 Å². The summed E-state index contributed by atoms with van der Waals surface area (Å²) in [6.45, 7) is 3.58. The van der Waals surface area contributed by atoms with Crippen LogP contribution in [0.5, 0.6) is 0 Å². The monoisotopic (exact) mass is 360 g/mol. The van der Waals surface area contributed by atoms with Gasteiger partial charge in [0.1, 0.15) is 6.26 Å². The zero-order chi connectivity index (χ0) is 17.5. The summed E-state index contributed by atoms with van der Waals surface area (Å²) in [6.07, 6.45) is 3.13. The van der Waals surface area contributed by atoms with Gasteiger partial charge in [-0.1, -0.05) is 0 Å². The Kier molecular flexibility index (Phi) is 8.04. The molecule has 0 heterocycles. The zero-order valence-electron chi connectivity index (χ0n) is 13.7. The number of unbranched alkanes of at least 4 members (excludes halogenated alkanes) is 1. The van der Waals surface area contributed by atoms with Gasteiger partial charge >= 0.3 is 0 Å². The Morgan fingerprint density at radius 3 is 2.35 bits per heavy atom. The maximum absolute atomic E-state index is 11.8. The molecule has 0 aliphatic heterocycles. The Morgan fingerprint density at radius 2 is 1.83 bits per heavy atom. The third-order valence-corrected chi connectivity index (χ3v) is 6.01. The van der Waals surface area contributed by atoms with Crippen LogP contribution in [0.25, 0.3) is 0 Å². The molecule has 0 bridgehead atoms. The van der Waals surface area contributed by atoms with Gasteiger partial charge in [-0.25, -0.2) is 13.1 Å². The highest BCUT2D eigenvalue weighted by atomic mass is 32.2. The second-order valence-electron chi connectivity index (χ2n) is 5.47. The molecule has 1 aromatic rings. The van der Waals surface area contributed by atoms with E-state index < -0.39 is 26.4 Å². The second-order valence-corrected chi connectivity index (χ2v) is 9.17. The molecule has 8 heteroatoms. The Labute approximate surface area is 141 Å². The molecule has 0 radical (unpaired) electrons. The molecule has 0 aliphatic rings. The fourth-order valence-electron chi connectivity index (χ4n) is 1.75. The highest BCUT2D eigenvalue weighted by Gasteiger charge is 2.14. The Hall–Kier alpha value is -1.09. The van der Waals surface area contributed by atoms with Crippen molar-refractivity contribution in [1.82, 2.24) is 4.72 Å². The predicted octanol–water partition coefficient (Wildman–Crippen LogP) is 1.86. The van der Waals surface area contributed by atoms with Gasteiger partial charge in [-0.15, -0.1) is 0 Å². The first-order valence-corrected chi connectivity index (χ1v) is 10.5. The van der Waals surface area contributed by atoms with Gasteiger partial charge < -0.3 is 9.87 Å². The minimum atomic E-state index is -3.23. The minimum Gasteiger partial charge on any atom is -0.612 e. The van der Waals surface area contributed by atoms with Crippen molar-refractivity contribution in [2.24, 2.45) is 0 Å². The fourth-order valence-corrected chi connectivity index (χ4v) is 3.03. The van der Waals surface area contributed by atoms with Crippen LogP contribution in [0, 0.1) is 0 Å². The molecule has 0 aliphatic carbocycles. The van der Waals surface area contributed by atoms with Crippen molar-refractivity contribution in [3.05, 3.63) is 24.3 Å². The summed E-state index contributed by atoms with van der Waals surface area (Å²) in [7, 11) is -3.23. The van der Waals surface area contributed by atoms with Crippen molar-refractivity contribution in [3.8, 4) is 0 Å². The van der Waals surface area contributed by atoms with Gasteiger partial charge in [0.25, 0.3) is 0 Å². The summed E-state index contributed by atoms with van der Waals surface area (Å²) in [6, 6.07) is 6.86. The van der Waals surface area contributed by atoms with E-state index in [0.29, 0.717) is 36.4 Å². The number of sulfonamides is 1. The highest BCUT2D eigenvalue weighted by molar-refractivity contribution is 7.90. The summed E-state index contributed by atoms with van der Waals surface area (Å²) < 4.78 is 36.8. The lowest BCUT2D eigenvalue weighted by atomic mass is 10.2. The number of hydrogen-bond acceptors (Lipinski definition) is 4. The van der Waals surface area contributed by atoms with E-state index in [-0.39, 0.29) is 5.91 Å². The van der Waals surface area contributed by atoms with Crippen molar-refractivity contribution in [2.75, 3.05) is 18.1 Å². The molecule has 23 heavy (non-hydrogen) atoms. The molecule has 6 nitrogen and oxygen atoms in total. The number of nitrogens with one attached hydrogen (secondary N) is 2. The molecule has 0 saturated heterocycles. The standard InChI is InChI=1S/C15H24N2O4S2/c1-12(2)23(20,21)16-11-5-4-6-15(18)17-13-7-9-14(10-8-13)22(3)19/h7-10,12,16H,4-6,11H2,1-3H3,(H,17,18). The number of anilines is 1. The van der Waals surface area contributed by atoms with Crippen molar-refractivity contribution in [3.63, 3.8) is 0 Å². The van der Waals surface area contributed by atoms with Gasteiger partial charge in [0.05, 0.1) is 5.25 Å². The Balaban J connectivity index is 2.27. The SMILES string of the molecule is CC(C)S(=O)(=O)NCCCCC(=O)Nc1ccc([S+](C)[O-])cc1. The van der Waals surface area contributed by atoms with Crippen LogP contribution in [0.15, 0.2) is 29.2 Å². The molecule has 1 unspecified atom stereocenters. The normalized spacial score (nSPS) is 13.1. The molecule has 0 aromatic heterocycles. The molecule has 1 aromatic carbocycles. The fraction of sp³-hybridized carbons (Fsp3) is 0.533.